The average molecular weight is 337 g/mol. The van der Waals surface area contributed by atoms with E-state index in [1.54, 1.807) is 0 Å². The van der Waals surface area contributed by atoms with Crippen molar-refractivity contribution in [1.82, 2.24) is 9.47 Å². The largest absolute Gasteiger partial charge is 0.392 e. The van der Waals surface area contributed by atoms with Gasteiger partial charge in [-0.3, -0.25) is 4.90 Å². The first-order valence-electron chi connectivity index (χ1n) is 9.23. The van der Waals surface area contributed by atoms with Crippen LogP contribution in [0.1, 0.15) is 36.6 Å². The van der Waals surface area contributed by atoms with Gasteiger partial charge in [-0.05, 0) is 62.4 Å². The Hall–Kier alpha value is -2.09. The van der Waals surface area contributed by atoms with Crippen LogP contribution in [-0.2, 0) is 19.5 Å². The van der Waals surface area contributed by atoms with E-state index in [0.717, 1.165) is 51.1 Å². The number of piperidine rings is 1. The highest BCUT2D eigenvalue weighted by molar-refractivity contribution is 5.28. The smallest absolute Gasteiger partial charge is 0.120 e. The van der Waals surface area contributed by atoms with Gasteiger partial charge in [0.05, 0.1) is 6.10 Å². The highest BCUT2D eigenvalue weighted by Crippen LogP contribution is 2.24. The molecule has 1 aliphatic heterocycles. The third kappa shape index (κ3) is 4.50. The molecule has 0 aliphatic carbocycles. The predicted molar refractivity (Wildman–Crippen MR) is 99.0 cm³/mol. The van der Waals surface area contributed by atoms with Crippen LogP contribution in [0.15, 0.2) is 42.6 Å². The SMILES string of the molecule is CCn1cc(CN2CCC([C@@H](O)Cc3ccccc3)CC2)cc1C#N. The molecule has 0 radical (unpaired) electrons. The van der Waals surface area contributed by atoms with E-state index in [-0.39, 0.29) is 6.10 Å². The Balaban J connectivity index is 1.50. The molecule has 1 aromatic carbocycles. The lowest BCUT2D eigenvalue weighted by Crippen LogP contribution is -2.38. The van der Waals surface area contributed by atoms with Crippen molar-refractivity contribution in [3.05, 3.63) is 59.4 Å². The standard InChI is InChI=1S/C21H27N3O/c1-2-24-16-18(12-20(24)14-22)15-23-10-8-19(9-11-23)21(25)13-17-6-4-3-5-7-17/h3-7,12,16,19,21,25H,2,8-11,13,15H2,1H3/t21-/m0/s1. The second-order valence-corrected chi connectivity index (χ2v) is 7.00. The van der Waals surface area contributed by atoms with Crippen LogP contribution in [-0.4, -0.2) is 33.8 Å². The molecule has 1 saturated heterocycles. The van der Waals surface area contributed by atoms with Crippen molar-refractivity contribution in [1.29, 1.82) is 5.26 Å². The number of nitrogens with zero attached hydrogens (tertiary/aromatic N) is 3. The summed E-state index contributed by atoms with van der Waals surface area (Å²) in [5.74, 6) is 0.381. The van der Waals surface area contributed by atoms with Gasteiger partial charge in [-0.2, -0.15) is 5.26 Å². The number of hydrogen-bond donors (Lipinski definition) is 1. The number of aryl methyl sites for hydroxylation is 1. The average Bonchev–Trinajstić information content (AvgIpc) is 3.05. The summed E-state index contributed by atoms with van der Waals surface area (Å²) in [7, 11) is 0. The number of aliphatic hydroxyl groups excluding tert-OH is 1. The van der Waals surface area contributed by atoms with Crippen LogP contribution in [0, 0.1) is 17.2 Å². The van der Waals surface area contributed by atoms with Gasteiger partial charge in [0.15, 0.2) is 0 Å². The van der Waals surface area contributed by atoms with Gasteiger partial charge < -0.3 is 9.67 Å². The summed E-state index contributed by atoms with van der Waals surface area (Å²) in [4.78, 5) is 2.43. The van der Waals surface area contributed by atoms with Crippen molar-refractivity contribution in [2.45, 2.75) is 45.4 Å². The first-order chi connectivity index (χ1) is 12.2. The Labute approximate surface area is 150 Å². The molecule has 0 unspecified atom stereocenters. The topological polar surface area (TPSA) is 52.2 Å². The minimum Gasteiger partial charge on any atom is -0.392 e. The maximum Gasteiger partial charge on any atom is 0.120 e. The fourth-order valence-corrected chi connectivity index (χ4v) is 3.79. The van der Waals surface area contributed by atoms with Gasteiger partial charge >= 0.3 is 0 Å². The van der Waals surface area contributed by atoms with Crippen LogP contribution in [0.2, 0.25) is 0 Å². The van der Waals surface area contributed by atoms with E-state index in [2.05, 4.69) is 36.2 Å². The van der Waals surface area contributed by atoms with Gasteiger partial charge in [-0.25, -0.2) is 0 Å². The van der Waals surface area contributed by atoms with E-state index in [1.807, 2.05) is 28.8 Å². The Morgan fingerprint density at radius 2 is 1.92 bits per heavy atom. The molecule has 4 heteroatoms. The lowest BCUT2D eigenvalue weighted by Gasteiger charge is -2.34. The molecule has 25 heavy (non-hydrogen) atoms. The summed E-state index contributed by atoms with van der Waals surface area (Å²) in [5, 5.41) is 19.7. The van der Waals surface area contributed by atoms with Crippen molar-refractivity contribution in [2.24, 2.45) is 5.92 Å². The van der Waals surface area contributed by atoms with Crippen molar-refractivity contribution < 1.29 is 5.11 Å². The van der Waals surface area contributed by atoms with Crippen LogP contribution >= 0.6 is 0 Å². The van der Waals surface area contributed by atoms with Crippen LogP contribution in [0.3, 0.4) is 0 Å². The van der Waals surface area contributed by atoms with Gasteiger partial charge in [-0.15, -0.1) is 0 Å². The predicted octanol–water partition coefficient (Wildman–Crippen LogP) is 3.20. The molecule has 2 aromatic rings. The maximum atomic E-state index is 10.5. The molecule has 1 aromatic heterocycles. The molecule has 3 rings (SSSR count). The number of benzene rings is 1. The lowest BCUT2D eigenvalue weighted by atomic mass is 9.88. The molecule has 132 valence electrons. The van der Waals surface area contributed by atoms with Crippen molar-refractivity contribution in [2.75, 3.05) is 13.1 Å². The minimum atomic E-state index is -0.254. The summed E-state index contributed by atoms with van der Waals surface area (Å²) in [6.07, 6.45) is 4.66. The van der Waals surface area contributed by atoms with E-state index >= 15 is 0 Å². The summed E-state index contributed by atoms with van der Waals surface area (Å²) in [5.41, 5.74) is 3.16. The molecular formula is C21H27N3O. The Morgan fingerprint density at radius 3 is 2.52 bits per heavy atom. The number of aliphatic hydroxyl groups is 1. The van der Waals surface area contributed by atoms with Crippen LogP contribution < -0.4 is 0 Å². The van der Waals surface area contributed by atoms with Crippen molar-refractivity contribution >= 4 is 0 Å². The van der Waals surface area contributed by atoms with Gasteiger partial charge in [-0.1, -0.05) is 30.3 Å². The molecule has 0 bridgehead atoms. The Morgan fingerprint density at radius 1 is 1.20 bits per heavy atom. The Kier molecular flexibility index (Phi) is 5.91. The molecule has 0 amide bonds. The zero-order valence-corrected chi connectivity index (χ0v) is 14.9. The van der Waals surface area contributed by atoms with Crippen molar-refractivity contribution in [3.8, 4) is 6.07 Å². The fourth-order valence-electron chi connectivity index (χ4n) is 3.79. The number of aromatic nitrogens is 1. The van der Waals surface area contributed by atoms with Gasteiger partial charge in [0.2, 0.25) is 0 Å². The lowest BCUT2D eigenvalue weighted by molar-refractivity contribution is 0.0576. The number of hydrogen-bond acceptors (Lipinski definition) is 3. The monoisotopic (exact) mass is 337 g/mol. The molecule has 4 nitrogen and oxygen atoms in total. The molecular weight excluding hydrogens is 310 g/mol. The molecule has 1 atom stereocenters. The van der Waals surface area contributed by atoms with Crippen LogP contribution in [0.5, 0.6) is 0 Å². The quantitative estimate of drug-likeness (QED) is 0.881. The molecule has 1 N–H and O–H groups in total. The van der Waals surface area contributed by atoms with E-state index in [4.69, 9.17) is 0 Å². The van der Waals surface area contributed by atoms with Crippen molar-refractivity contribution in [3.63, 3.8) is 0 Å². The van der Waals surface area contributed by atoms with E-state index in [9.17, 15) is 10.4 Å². The van der Waals surface area contributed by atoms with Gasteiger partial charge in [0.25, 0.3) is 0 Å². The van der Waals surface area contributed by atoms with Gasteiger partial charge in [0.1, 0.15) is 11.8 Å². The molecule has 0 saturated carbocycles. The zero-order valence-electron chi connectivity index (χ0n) is 14.9. The summed E-state index contributed by atoms with van der Waals surface area (Å²) in [6, 6.07) is 14.5. The molecule has 1 fully saturated rings. The normalized spacial score (nSPS) is 17.3. The Bertz CT molecular complexity index is 708. The summed E-state index contributed by atoms with van der Waals surface area (Å²) < 4.78 is 2.01. The minimum absolute atomic E-state index is 0.254. The van der Waals surface area contributed by atoms with E-state index in [0.29, 0.717) is 5.92 Å². The van der Waals surface area contributed by atoms with E-state index < -0.39 is 0 Å². The first-order valence-corrected chi connectivity index (χ1v) is 9.23. The molecule has 0 spiro atoms. The van der Waals surface area contributed by atoms with Crippen LogP contribution in [0.25, 0.3) is 0 Å². The molecule has 1 aliphatic rings. The summed E-state index contributed by atoms with van der Waals surface area (Å²) in [6.45, 7) is 5.80. The van der Waals surface area contributed by atoms with Gasteiger partial charge in [0, 0.05) is 19.3 Å². The van der Waals surface area contributed by atoms with Crippen LogP contribution in [0.4, 0.5) is 0 Å². The highest BCUT2D eigenvalue weighted by Gasteiger charge is 2.25. The second-order valence-electron chi connectivity index (χ2n) is 7.00. The summed E-state index contributed by atoms with van der Waals surface area (Å²) >= 11 is 0. The maximum absolute atomic E-state index is 10.5. The second kappa shape index (κ2) is 8.33. The number of nitriles is 1. The molecule has 2 heterocycles. The third-order valence-corrected chi connectivity index (χ3v) is 5.28. The highest BCUT2D eigenvalue weighted by atomic mass is 16.3. The number of rotatable bonds is 6. The fraction of sp³-hybridized carbons (Fsp3) is 0.476. The third-order valence-electron chi connectivity index (χ3n) is 5.28. The first kappa shape index (κ1) is 17.7. The number of likely N-dealkylation sites (tertiary alicyclic amines) is 1. The van der Waals surface area contributed by atoms with E-state index in [1.165, 1.54) is 11.1 Å². The zero-order chi connectivity index (χ0) is 17.6.